The Kier molecular flexibility index (Phi) is 3.09. The second-order valence-electron chi connectivity index (χ2n) is 5.04. The number of aromatic nitrogens is 1. The van der Waals surface area contributed by atoms with Crippen molar-refractivity contribution in [3.63, 3.8) is 0 Å². The highest BCUT2D eigenvalue weighted by Crippen LogP contribution is 2.20. The van der Waals surface area contributed by atoms with Crippen molar-refractivity contribution in [3.05, 3.63) is 28.6 Å². The van der Waals surface area contributed by atoms with Gasteiger partial charge in [-0.1, -0.05) is 0 Å². The van der Waals surface area contributed by atoms with Crippen LogP contribution in [0.2, 0.25) is 0 Å². The Bertz CT molecular complexity index is 674. The Labute approximate surface area is 109 Å². The van der Waals surface area contributed by atoms with Gasteiger partial charge >= 0.3 is 11.7 Å². The summed E-state index contributed by atoms with van der Waals surface area (Å²) in [5.74, 6) is 0.519. The van der Waals surface area contributed by atoms with Crippen LogP contribution in [0.3, 0.4) is 0 Å². The van der Waals surface area contributed by atoms with Crippen LogP contribution < -0.4 is 10.4 Å². The van der Waals surface area contributed by atoms with Gasteiger partial charge in [-0.15, -0.1) is 4.74 Å². The van der Waals surface area contributed by atoms with E-state index in [1.54, 1.807) is 39.0 Å². The molecule has 0 fully saturated rings. The highest BCUT2D eigenvalue weighted by Gasteiger charge is 2.22. The van der Waals surface area contributed by atoms with Crippen molar-refractivity contribution in [1.82, 2.24) is 4.74 Å². The van der Waals surface area contributed by atoms with Gasteiger partial charge in [0.2, 0.25) is 0 Å². The van der Waals surface area contributed by atoms with Crippen molar-refractivity contribution in [3.8, 4) is 5.75 Å². The fourth-order valence-electron chi connectivity index (χ4n) is 1.60. The monoisotopic (exact) mass is 265 g/mol. The molecule has 1 aromatic carbocycles. The van der Waals surface area contributed by atoms with E-state index in [1.165, 1.54) is 7.11 Å². The molecular weight excluding hydrogens is 250 g/mol. The molecule has 102 valence electrons. The Morgan fingerprint density at radius 2 is 2.00 bits per heavy atom. The molecule has 2 rings (SSSR count). The van der Waals surface area contributed by atoms with E-state index in [0.717, 1.165) is 4.74 Å². The Morgan fingerprint density at radius 1 is 1.32 bits per heavy atom. The van der Waals surface area contributed by atoms with Crippen LogP contribution in [-0.4, -0.2) is 23.5 Å². The molecule has 0 aliphatic heterocycles. The molecule has 0 bridgehead atoms. The molecule has 1 aromatic heterocycles. The number of carbonyl (C=O) groups excluding carboxylic acids is 1. The lowest BCUT2D eigenvalue weighted by molar-refractivity contribution is 0.0391. The molecule has 0 aliphatic rings. The third-order valence-electron chi connectivity index (χ3n) is 2.38. The molecule has 0 aliphatic carbocycles. The van der Waals surface area contributed by atoms with Gasteiger partial charge in [-0.25, -0.2) is 9.59 Å². The number of rotatable bonds is 1. The molecule has 0 saturated carbocycles. The Balaban J connectivity index is 2.54. The number of nitrogens with zero attached hydrogens (tertiary/aromatic N) is 1. The van der Waals surface area contributed by atoms with Crippen molar-refractivity contribution in [2.75, 3.05) is 7.11 Å². The zero-order valence-electron chi connectivity index (χ0n) is 11.2. The summed E-state index contributed by atoms with van der Waals surface area (Å²) < 4.78 is 16.0. The number of hydrogen-bond donors (Lipinski definition) is 0. The highest BCUT2D eigenvalue weighted by atomic mass is 16.6. The van der Waals surface area contributed by atoms with Crippen LogP contribution in [0.25, 0.3) is 10.9 Å². The first kappa shape index (κ1) is 13.2. The zero-order chi connectivity index (χ0) is 14.2. The minimum atomic E-state index is -0.743. The summed E-state index contributed by atoms with van der Waals surface area (Å²) in [6.45, 7) is 5.19. The molecule has 0 unspecified atom stereocenters. The summed E-state index contributed by atoms with van der Waals surface area (Å²) in [5, 5.41) is 0.298. The maximum absolute atomic E-state index is 12.0. The number of benzene rings is 1. The largest absolute Gasteiger partial charge is 0.497 e. The number of fused-ring (bicyclic) bond motifs is 1. The smallest absolute Gasteiger partial charge is 0.448 e. The first-order valence-corrected chi connectivity index (χ1v) is 5.75. The first-order valence-electron chi connectivity index (χ1n) is 5.75. The average Bonchev–Trinajstić information content (AvgIpc) is 2.64. The van der Waals surface area contributed by atoms with E-state index in [9.17, 15) is 9.59 Å². The minimum absolute atomic E-state index is 0.298. The van der Waals surface area contributed by atoms with Crippen molar-refractivity contribution >= 4 is 17.0 Å². The molecule has 6 nitrogen and oxygen atoms in total. The SMILES string of the molecule is COc1ccc2c(=O)on(C(=O)OC(C)(C)C)c2c1. The van der Waals surface area contributed by atoms with E-state index in [1.807, 2.05) is 0 Å². The molecule has 0 radical (unpaired) electrons. The van der Waals surface area contributed by atoms with Crippen LogP contribution in [0.15, 0.2) is 27.5 Å². The fourth-order valence-corrected chi connectivity index (χ4v) is 1.60. The van der Waals surface area contributed by atoms with Crippen LogP contribution in [0.4, 0.5) is 4.79 Å². The molecule has 0 amide bonds. The molecule has 0 saturated heterocycles. The molecular formula is C13H15NO5. The summed E-state index contributed by atoms with van der Waals surface area (Å²) in [7, 11) is 1.50. The lowest BCUT2D eigenvalue weighted by atomic mass is 10.2. The molecule has 1 heterocycles. The van der Waals surface area contributed by atoms with Gasteiger partial charge < -0.3 is 14.0 Å². The van der Waals surface area contributed by atoms with Crippen molar-refractivity contribution in [2.24, 2.45) is 0 Å². The van der Waals surface area contributed by atoms with Gasteiger partial charge in [0.15, 0.2) is 0 Å². The van der Waals surface area contributed by atoms with Crippen molar-refractivity contribution in [2.45, 2.75) is 26.4 Å². The number of methoxy groups -OCH3 is 1. The molecule has 0 atom stereocenters. The normalized spacial score (nSPS) is 11.6. The van der Waals surface area contributed by atoms with E-state index < -0.39 is 17.3 Å². The van der Waals surface area contributed by atoms with E-state index >= 15 is 0 Å². The molecule has 0 N–H and O–H groups in total. The first-order chi connectivity index (χ1) is 8.81. The lowest BCUT2D eigenvalue weighted by Crippen LogP contribution is -2.26. The standard InChI is InChI=1S/C13H15NO5/c1-13(2,3)18-12(16)14-10-7-8(17-4)5-6-9(10)11(15)19-14/h5-7H,1-4H3. The van der Waals surface area contributed by atoms with Crippen molar-refractivity contribution < 1.29 is 18.8 Å². The van der Waals surface area contributed by atoms with E-state index in [-0.39, 0.29) is 0 Å². The highest BCUT2D eigenvalue weighted by molar-refractivity contribution is 5.87. The quantitative estimate of drug-likeness (QED) is 0.791. The predicted octanol–water partition coefficient (Wildman–Crippen LogP) is 2.39. The summed E-state index contributed by atoms with van der Waals surface area (Å²) in [6.07, 6.45) is -0.743. The summed E-state index contributed by atoms with van der Waals surface area (Å²) in [6, 6.07) is 4.71. The third-order valence-corrected chi connectivity index (χ3v) is 2.38. The maximum Gasteiger partial charge on any atom is 0.448 e. The summed E-state index contributed by atoms with van der Waals surface area (Å²) >= 11 is 0. The van der Waals surface area contributed by atoms with Gasteiger partial charge in [0.1, 0.15) is 16.9 Å². The fraction of sp³-hybridized carbons (Fsp3) is 0.385. The lowest BCUT2D eigenvalue weighted by Gasteiger charge is -2.18. The van der Waals surface area contributed by atoms with Gasteiger partial charge in [0.25, 0.3) is 0 Å². The van der Waals surface area contributed by atoms with Crippen molar-refractivity contribution in [1.29, 1.82) is 0 Å². The average molecular weight is 265 g/mol. The van der Waals surface area contributed by atoms with E-state index in [2.05, 4.69) is 0 Å². The van der Waals surface area contributed by atoms with Crippen LogP contribution in [0, 0.1) is 0 Å². The van der Waals surface area contributed by atoms with Gasteiger partial charge in [-0.3, -0.25) is 0 Å². The predicted molar refractivity (Wildman–Crippen MR) is 68.7 cm³/mol. The summed E-state index contributed by atoms with van der Waals surface area (Å²) in [4.78, 5) is 23.6. The van der Waals surface area contributed by atoms with Crippen LogP contribution in [-0.2, 0) is 4.74 Å². The van der Waals surface area contributed by atoms with Crippen LogP contribution in [0.5, 0.6) is 5.75 Å². The molecule has 2 aromatic rings. The van der Waals surface area contributed by atoms with Gasteiger partial charge in [0.05, 0.1) is 12.5 Å². The van der Waals surface area contributed by atoms with Gasteiger partial charge in [-0.2, -0.15) is 0 Å². The molecule has 6 heteroatoms. The Hall–Kier alpha value is -2.24. The topological polar surface area (TPSA) is 70.7 Å². The second kappa shape index (κ2) is 4.46. The number of hydrogen-bond acceptors (Lipinski definition) is 5. The van der Waals surface area contributed by atoms with Gasteiger partial charge in [-0.05, 0) is 32.9 Å². The second-order valence-corrected chi connectivity index (χ2v) is 5.04. The number of carbonyl (C=O) groups is 1. The minimum Gasteiger partial charge on any atom is -0.497 e. The van der Waals surface area contributed by atoms with Gasteiger partial charge in [0, 0.05) is 6.07 Å². The van der Waals surface area contributed by atoms with Crippen LogP contribution >= 0.6 is 0 Å². The maximum atomic E-state index is 12.0. The Morgan fingerprint density at radius 3 is 2.58 bits per heavy atom. The van der Waals surface area contributed by atoms with E-state index in [4.69, 9.17) is 14.0 Å². The zero-order valence-corrected chi connectivity index (χ0v) is 11.2. The molecule has 19 heavy (non-hydrogen) atoms. The van der Waals surface area contributed by atoms with E-state index in [0.29, 0.717) is 16.7 Å². The number of ether oxygens (including phenoxy) is 2. The summed E-state index contributed by atoms with van der Waals surface area (Å²) in [5.41, 5.74) is -0.951. The van der Waals surface area contributed by atoms with Crippen LogP contribution in [0.1, 0.15) is 20.8 Å². The molecule has 0 spiro atoms. The third kappa shape index (κ3) is 2.62.